The summed E-state index contributed by atoms with van der Waals surface area (Å²) in [4.78, 5) is 25.5. The van der Waals surface area contributed by atoms with E-state index in [0.717, 1.165) is 43.4 Å². The molecule has 0 bridgehead atoms. The number of hydrogen-bond donors (Lipinski definition) is 4. The lowest BCUT2D eigenvalue weighted by molar-refractivity contribution is -0.139. The zero-order valence-electron chi connectivity index (χ0n) is 21.4. The first kappa shape index (κ1) is 27.0. The molecule has 2 aromatic carbocycles. The smallest absolute Gasteiger partial charge is 0.240 e. The number of nitrogens with zero attached hydrogens (tertiary/aromatic N) is 3. The van der Waals surface area contributed by atoms with Gasteiger partial charge in [0.2, 0.25) is 5.91 Å². The van der Waals surface area contributed by atoms with Gasteiger partial charge in [0.05, 0.1) is 6.04 Å². The van der Waals surface area contributed by atoms with Crippen LogP contribution in [0, 0.1) is 0 Å². The average Bonchev–Trinajstić information content (AvgIpc) is 3.30. The molecule has 9 heteroatoms. The number of H-pyrrole nitrogens is 1. The third-order valence-electron chi connectivity index (χ3n) is 7.27. The Labute approximate surface area is 223 Å². The van der Waals surface area contributed by atoms with Crippen molar-refractivity contribution in [3.63, 3.8) is 0 Å². The molecule has 4 rings (SSSR count). The van der Waals surface area contributed by atoms with Gasteiger partial charge in [-0.05, 0) is 61.9 Å². The number of halogens is 1. The molecular weight excluding hydrogens is 486 g/mol. The van der Waals surface area contributed by atoms with Crippen LogP contribution in [0.1, 0.15) is 30.9 Å². The van der Waals surface area contributed by atoms with Gasteiger partial charge in [-0.3, -0.25) is 14.7 Å². The van der Waals surface area contributed by atoms with Gasteiger partial charge in [-0.1, -0.05) is 41.9 Å². The summed E-state index contributed by atoms with van der Waals surface area (Å²) in [7, 11) is 0. The highest BCUT2D eigenvalue weighted by Crippen LogP contribution is 2.23. The van der Waals surface area contributed by atoms with E-state index in [4.69, 9.17) is 28.8 Å². The number of aromatic nitrogens is 1. The highest BCUT2D eigenvalue weighted by atomic mass is 35.5. The molecule has 198 valence electrons. The third-order valence-corrected chi connectivity index (χ3v) is 7.52. The molecule has 1 amide bonds. The fraction of sp³-hybridized carbons (Fsp3) is 0.429. The Balaban J connectivity index is 1.43. The van der Waals surface area contributed by atoms with E-state index >= 15 is 0 Å². The van der Waals surface area contributed by atoms with Crippen molar-refractivity contribution < 1.29 is 4.79 Å². The van der Waals surface area contributed by atoms with Crippen LogP contribution in [-0.2, 0) is 17.6 Å². The Morgan fingerprint density at radius 1 is 1.16 bits per heavy atom. The number of nitrogens with two attached hydrogens (primary N) is 3. The second-order valence-corrected chi connectivity index (χ2v) is 10.4. The molecule has 7 N–H and O–H groups in total. The maximum Gasteiger partial charge on any atom is 0.240 e. The van der Waals surface area contributed by atoms with Crippen LogP contribution in [0.15, 0.2) is 59.7 Å². The number of guanidine groups is 1. The van der Waals surface area contributed by atoms with E-state index in [1.165, 1.54) is 10.9 Å². The molecule has 0 unspecified atom stereocenters. The van der Waals surface area contributed by atoms with Crippen molar-refractivity contribution >= 4 is 34.4 Å². The monoisotopic (exact) mass is 523 g/mol. The summed E-state index contributed by atoms with van der Waals surface area (Å²) in [5.74, 6) is 0.0838. The van der Waals surface area contributed by atoms with E-state index in [2.05, 4.69) is 46.2 Å². The van der Waals surface area contributed by atoms with Crippen LogP contribution >= 0.6 is 11.6 Å². The zero-order valence-corrected chi connectivity index (χ0v) is 22.2. The predicted molar refractivity (Wildman–Crippen MR) is 152 cm³/mol. The van der Waals surface area contributed by atoms with E-state index in [-0.39, 0.29) is 24.0 Å². The van der Waals surface area contributed by atoms with Crippen molar-refractivity contribution in [3.05, 3.63) is 70.9 Å². The summed E-state index contributed by atoms with van der Waals surface area (Å²) in [6.45, 7) is 5.10. The van der Waals surface area contributed by atoms with Crippen LogP contribution in [0.4, 0.5) is 0 Å². The molecule has 1 aliphatic rings. The first-order valence-corrected chi connectivity index (χ1v) is 13.3. The van der Waals surface area contributed by atoms with Crippen molar-refractivity contribution in [3.8, 4) is 0 Å². The first-order chi connectivity index (χ1) is 17.8. The van der Waals surface area contributed by atoms with Crippen LogP contribution in [0.25, 0.3) is 10.9 Å². The second-order valence-electron chi connectivity index (χ2n) is 9.98. The van der Waals surface area contributed by atoms with Crippen molar-refractivity contribution in [2.45, 2.75) is 50.7 Å². The SMILES string of the molecule is C[C@@H]1CN(C(=O)[C@H](N)Cc2ccc(Cl)cc2)[C@@H](CCCN=C(N)N)CN1CCc1c[nH]c2ccccc12. The standard InChI is InChI=1S/C28H38ClN7O/c1-19-17-36(27(37)25(30)15-20-8-10-22(29)11-9-20)23(5-4-13-33-28(31)32)18-35(19)14-12-21-16-34-26-7-3-2-6-24(21)26/h2-3,6-11,16,19,23,25,34H,4-5,12-15,17-18,30H2,1H3,(H4,31,32,33)/t19-,23+,25-/m1/s1. The Morgan fingerprint density at radius 2 is 1.92 bits per heavy atom. The number of amides is 1. The number of benzene rings is 2. The number of piperazine rings is 1. The Bertz CT molecular complexity index is 1200. The summed E-state index contributed by atoms with van der Waals surface area (Å²) in [5, 5.41) is 1.94. The van der Waals surface area contributed by atoms with Gasteiger partial charge in [-0.2, -0.15) is 0 Å². The van der Waals surface area contributed by atoms with E-state index in [1.807, 2.05) is 35.2 Å². The normalized spacial score (nSPS) is 19.2. The van der Waals surface area contributed by atoms with Crippen LogP contribution in [0.3, 0.4) is 0 Å². The molecule has 0 spiro atoms. The molecule has 0 saturated carbocycles. The molecule has 1 fully saturated rings. The number of para-hydroxylation sites is 1. The molecule has 3 atom stereocenters. The quantitative estimate of drug-likeness (QED) is 0.184. The molecule has 1 saturated heterocycles. The number of rotatable bonds is 10. The van der Waals surface area contributed by atoms with Gasteiger partial charge in [-0.25, -0.2) is 0 Å². The minimum absolute atomic E-state index is 0.00933. The minimum atomic E-state index is -0.605. The predicted octanol–water partition coefficient (Wildman–Crippen LogP) is 2.89. The lowest BCUT2D eigenvalue weighted by atomic mass is 9.98. The molecular formula is C28H38ClN7O. The van der Waals surface area contributed by atoms with E-state index < -0.39 is 6.04 Å². The topological polar surface area (TPSA) is 130 Å². The largest absolute Gasteiger partial charge is 0.370 e. The van der Waals surface area contributed by atoms with Crippen molar-refractivity contribution in [1.82, 2.24) is 14.8 Å². The molecule has 1 aromatic heterocycles. The van der Waals surface area contributed by atoms with Gasteiger partial charge >= 0.3 is 0 Å². The molecule has 0 aliphatic carbocycles. The number of aromatic amines is 1. The Morgan fingerprint density at radius 3 is 2.68 bits per heavy atom. The number of fused-ring (bicyclic) bond motifs is 1. The van der Waals surface area contributed by atoms with Crippen molar-refractivity contribution in [2.24, 2.45) is 22.2 Å². The highest BCUT2D eigenvalue weighted by Gasteiger charge is 2.35. The van der Waals surface area contributed by atoms with Crippen LogP contribution < -0.4 is 17.2 Å². The fourth-order valence-corrected chi connectivity index (χ4v) is 5.37. The lowest BCUT2D eigenvalue weighted by Crippen LogP contribution is -2.62. The molecule has 2 heterocycles. The van der Waals surface area contributed by atoms with Gasteiger partial charge < -0.3 is 27.1 Å². The first-order valence-electron chi connectivity index (χ1n) is 13.0. The summed E-state index contributed by atoms with van der Waals surface area (Å²) in [6, 6.07) is 15.6. The Kier molecular flexibility index (Phi) is 9.08. The summed E-state index contributed by atoms with van der Waals surface area (Å²) in [6.07, 6.45) is 5.14. The Hall–Kier alpha value is -3.07. The van der Waals surface area contributed by atoms with Gasteiger partial charge in [0.15, 0.2) is 5.96 Å². The maximum atomic E-state index is 13.5. The number of nitrogens with one attached hydrogen (secondary N) is 1. The van der Waals surface area contributed by atoms with Gasteiger partial charge in [0, 0.05) is 60.4 Å². The van der Waals surface area contributed by atoms with Gasteiger partial charge in [-0.15, -0.1) is 0 Å². The lowest BCUT2D eigenvalue weighted by Gasteiger charge is -2.46. The molecule has 37 heavy (non-hydrogen) atoms. The van der Waals surface area contributed by atoms with Crippen molar-refractivity contribution in [2.75, 3.05) is 26.2 Å². The number of aliphatic imine (C=N–C) groups is 1. The van der Waals surface area contributed by atoms with Crippen molar-refractivity contribution in [1.29, 1.82) is 0 Å². The summed E-state index contributed by atoms with van der Waals surface area (Å²) >= 11 is 6.01. The minimum Gasteiger partial charge on any atom is -0.370 e. The molecule has 8 nitrogen and oxygen atoms in total. The third kappa shape index (κ3) is 7.03. The fourth-order valence-electron chi connectivity index (χ4n) is 5.24. The van der Waals surface area contributed by atoms with Gasteiger partial charge in [0.1, 0.15) is 0 Å². The summed E-state index contributed by atoms with van der Waals surface area (Å²) in [5.41, 5.74) is 20.9. The number of carbonyl (C=O) groups excluding carboxylic acids is 1. The van der Waals surface area contributed by atoms with Crippen LogP contribution in [-0.4, -0.2) is 71.0 Å². The number of hydrogen-bond acceptors (Lipinski definition) is 4. The molecule has 1 aliphatic heterocycles. The van der Waals surface area contributed by atoms with E-state index in [9.17, 15) is 4.79 Å². The van der Waals surface area contributed by atoms with E-state index in [1.54, 1.807) is 0 Å². The zero-order chi connectivity index (χ0) is 26.4. The maximum absolute atomic E-state index is 13.5. The molecule has 3 aromatic rings. The van der Waals surface area contributed by atoms with Gasteiger partial charge in [0.25, 0.3) is 0 Å². The van der Waals surface area contributed by atoms with E-state index in [0.29, 0.717) is 24.5 Å². The van der Waals surface area contributed by atoms with Crippen LogP contribution in [0.2, 0.25) is 5.02 Å². The number of carbonyl (C=O) groups is 1. The highest BCUT2D eigenvalue weighted by molar-refractivity contribution is 6.30. The summed E-state index contributed by atoms with van der Waals surface area (Å²) < 4.78 is 0. The molecule has 0 radical (unpaired) electrons. The second kappa shape index (κ2) is 12.4. The average molecular weight is 524 g/mol. The van der Waals surface area contributed by atoms with Crippen LogP contribution in [0.5, 0.6) is 0 Å².